The van der Waals surface area contributed by atoms with Gasteiger partial charge in [0, 0.05) is 6.04 Å². The van der Waals surface area contributed by atoms with Gasteiger partial charge in [0.1, 0.15) is 22.5 Å². The maximum absolute atomic E-state index is 13.5. The highest BCUT2D eigenvalue weighted by Gasteiger charge is 2.50. The summed E-state index contributed by atoms with van der Waals surface area (Å²) in [4.78, 5) is 9.62. The van der Waals surface area contributed by atoms with Crippen molar-refractivity contribution in [3.63, 3.8) is 0 Å². The molecule has 0 amide bonds. The Bertz CT molecular complexity index is 1250. The zero-order valence-corrected chi connectivity index (χ0v) is 19.6. The summed E-state index contributed by atoms with van der Waals surface area (Å²) in [5, 5.41) is 0.603. The fourth-order valence-electron chi connectivity index (χ4n) is 5.19. The second-order valence-corrected chi connectivity index (χ2v) is 9.70. The average molecular weight is 535 g/mol. The van der Waals surface area contributed by atoms with E-state index >= 15 is 0 Å². The molecule has 3 atom stereocenters. The van der Waals surface area contributed by atoms with Gasteiger partial charge in [-0.1, -0.05) is 29.3 Å². The zero-order chi connectivity index (χ0) is 25.3. The summed E-state index contributed by atoms with van der Waals surface area (Å²) in [5.74, 6) is -0.0423. The van der Waals surface area contributed by atoms with Gasteiger partial charge in [-0.15, -0.1) is 0 Å². The first-order chi connectivity index (χ1) is 16.3. The van der Waals surface area contributed by atoms with E-state index in [-0.39, 0.29) is 29.0 Å². The number of rotatable bonds is 3. The van der Waals surface area contributed by atoms with Crippen LogP contribution in [0.1, 0.15) is 47.9 Å². The third-order valence-corrected chi connectivity index (χ3v) is 7.22. The summed E-state index contributed by atoms with van der Waals surface area (Å²) in [5.41, 5.74) is -1.58. The maximum Gasteiger partial charge on any atom is 0.433 e. The topological polar surface area (TPSA) is 34.0 Å². The second kappa shape index (κ2) is 8.30. The lowest BCUT2D eigenvalue weighted by Gasteiger charge is -2.36. The van der Waals surface area contributed by atoms with E-state index in [4.69, 9.17) is 23.2 Å². The molecule has 3 heterocycles. The van der Waals surface area contributed by atoms with Crippen LogP contribution in [-0.4, -0.2) is 20.6 Å². The van der Waals surface area contributed by atoms with Gasteiger partial charge in [0.05, 0.1) is 28.5 Å². The van der Waals surface area contributed by atoms with Crippen molar-refractivity contribution >= 4 is 29.0 Å². The molecule has 2 aliphatic rings. The third-order valence-electron chi connectivity index (χ3n) is 6.63. The van der Waals surface area contributed by atoms with Gasteiger partial charge in [0.2, 0.25) is 0 Å². The number of fused-ring (bicyclic) bond motifs is 2. The summed E-state index contributed by atoms with van der Waals surface area (Å²) in [7, 11) is 0. The zero-order valence-electron chi connectivity index (χ0n) is 18.1. The van der Waals surface area contributed by atoms with Crippen molar-refractivity contribution in [2.75, 3.05) is 4.90 Å². The summed E-state index contributed by atoms with van der Waals surface area (Å²) >= 11 is 12.9. The second-order valence-electron chi connectivity index (χ2n) is 8.90. The van der Waals surface area contributed by atoms with Crippen LogP contribution in [0.4, 0.5) is 32.2 Å². The van der Waals surface area contributed by atoms with Crippen LogP contribution in [0.3, 0.4) is 0 Å². The Hall–Kier alpha value is -2.46. The molecule has 0 unspecified atom stereocenters. The van der Waals surface area contributed by atoms with Crippen molar-refractivity contribution in [1.82, 2.24) is 14.5 Å². The average Bonchev–Trinajstić information content (AvgIpc) is 3.48. The Kier molecular flexibility index (Phi) is 5.75. The molecule has 0 N–H and O–H groups in total. The molecular formula is C23H18Cl2F6N4. The van der Waals surface area contributed by atoms with E-state index < -0.39 is 29.7 Å². The number of anilines is 1. The number of hydrogen-bond donors (Lipinski definition) is 0. The van der Waals surface area contributed by atoms with E-state index in [9.17, 15) is 26.3 Å². The quantitative estimate of drug-likeness (QED) is 0.323. The first-order valence-electron chi connectivity index (χ1n) is 10.8. The van der Waals surface area contributed by atoms with E-state index in [2.05, 4.69) is 9.97 Å². The third kappa shape index (κ3) is 4.24. The van der Waals surface area contributed by atoms with Crippen molar-refractivity contribution in [1.29, 1.82) is 0 Å². The molecule has 1 aromatic carbocycles. The van der Waals surface area contributed by atoms with Gasteiger partial charge in [-0.25, -0.2) is 9.97 Å². The molecule has 2 fully saturated rings. The van der Waals surface area contributed by atoms with E-state index in [1.165, 1.54) is 11.1 Å². The molecule has 3 aromatic rings. The van der Waals surface area contributed by atoms with E-state index in [1.807, 2.05) is 13.0 Å². The minimum absolute atomic E-state index is 0.0389. The van der Waals surface area contributed by atoms with Crippen LogP contribution in [-0.2, 0) is 12.4 Å². The minimum atomic E-state index is -5.04. The molecule has 1 saturated heterocycles. The lowest BCUT2D eigenvalue weighted by molar-refractivity contribution is -0.145. The Labute approximate surface area is 206 Å². The van der Waals surface area contributed by atoms with E-state index in [0.717, 1.165) is 12.0 Å². The fourth-order valence-corrected chi connectivity index (χ4v) is 5.62. The smallest absolute Gasteiger partial charge is 0.343 e. The van der Waals surface area contributed by atoms with Gasteiger partial charge < -0.3 is 4.90 Å². The lowest BCUT2D eigenvalue weighted by Crippen LogP contribution is -2.37. The van der Waals surface area contributed by atoms with Crippen molar-refractivity contribution < 1.29 is 26.3 Å². The summed E-state index contributed by atoms with van der Waals surface area (Å²) in [6.07, 6.45) is -6.64. The summed E-state index contributed by atoms with van der Waals surface area (Å²) < 4.78 is 82.7. The number of hydrogen-bond acceptors (Lipinski definition) is 3. The highest BCUT2D eigenvalue weighted by molar-refractivity contribution is 6.33. The number of alkyl halides is 6. The molecule has 186 valence electrons. The first-order valence-corrected chi connectivity index (χ1v) is 11.5. The van der Waals surface area contributed by atoms with Gasteiger partial charge >= 0.3 is 12.4 Å². The van der Waals surface area contributed by atoms with Crippen LogP contribution < -0.4 is 4.90 Å². The first kappa shape index (κ1) is 24.2. The molecular weight excluding hydrogens is 517 g/mol. The van der Waals surface area contributed by atoms with Crippen LogP contribution in [0.15, 0.2) is 36.5 Å². The number of imidazole rings is 1. The number of benzene rings is 1. The predicted octanol–water partition coefficient (Wildman–Crippen LogP) is 7.65. The Morgan fingerprint density at radius 3 is 2.40 bits per heavy atom. The molecule has 4 nitrogen and oxygen atoms in total. The molecule has 12 heteroatoms. The highest BCUT2D eigenvalue weighted by Crippen LogP contribution is 2.53. The number of aryl methyl sites for hydroxylation is 1. The molecule has 2 bridgehead atoms. The van der Waals surface area contributed by atoms with Crippen molar-refractivity contribution in [2.24, 2.45) is 5.92 Å². The fraction of sp³-hybridized carbons (Fsp3) is 0.391. The highest BCUT2D eigenvalue weighted by atomic mass is 35.5. The van der Waals surface area contributed by atoms with Gasteiger partial charge in [0.25, 0.3) is 0 Å². The number of halogens is 8. The molecule has 1 aliphatic carbocycles. The molecule has 5 rings (SSSR count). The Morgan fingerprint density at radius 2 is 1.71 bits per heavy atom. The molecule has 0 radical (unpaired) electrons. The van der Waals surface area contributed by atoms with Gasteiger partial charge in [-0.05, 0) is 61.9 Å². The van der Waals surface area contributed by atoms with E-state index in [0.29, 0.717) is 35.4 Å². The SMILES string of the molecule is Cc1ccc(Cl)c(-n2c(Cl)cnc2[C@@H]2[C@H]3CC[C@H](C3)N2c2cc(C(F)(F)F)cc(C(F)(F)F)n2)c1. The number of aromatic nitrogens is 3. The molecule has 35 heavy (non-hydrogen) atoms. The molecule has 1 aliphatic heterocycles. The van der Waals surface area contributed by atoms with Crippen LogP contribution in [0.5, 0.6) is 0 Å². The largest absolute Gasteiger partial charge is 0.433 e. The Morgan fingerprint density at radius 1 is 0.971 bits per heavy atom. The van der Waals surface area contributed by atoms with Gasteiger partial charge in [-0.2, -0.15) is 26.3 Å². The lowest BCUT2D eigenvalue weighted by atomic mass is 9.97. The predicted molar refractivity (Wildman–Crippen MR) is 119 cm³/mol. The van der Waals surface area contributed by atoms with Gasteiger partial charge in [-0.3, -0.25) is 4.57 Å². The van der Waals surface area contributed by atoms with Crippen LogP contribution in [0, 0.1) is 12.8 Å². The molecule has 1 saturated carbocycles. The maximum atomic E-state index is 13.5. The van der Waals surface area contributed by atoms with Gasteiger partial charge in [0.15, 0.2) is 0 Å². The molecule has 0 spiro atoms. The normalized spacial score (nSPS) is 22.3. The standard InChI is InChI=1S/C23H18Cl2F6N4/c1-11-2-5-15(24)16(6-11)35-18(25)10-32-21(35)20-12-3-4-14(7-12)34(20)19-9-13(22(26,27)28)8-17(33-19)23(29,30)31/h2,5-6,8-10,12,14,20H,3-4,7H2,1H3/t12-,14+,20-/m0/s1. The van der Waals surface area contributed by atoms with Crippen molar-refractivity contribution in [3.8, 4) is 5.69 Å². The van der Waals surface area contributed by atoms with E-state index in [1.54, 1.807) is 16.7 Å². The van der Waals surface area contributed by atoms with Crippen LogP contribution >= 0.6 is 23.2 Å². The van der Waals surface area contributed by atoms with Crippen LogP contribution in [0.25, 0.3) is 5.69 Å². The Balaban J connectivity index is 1.68. The molecule has 2 aromatic heterocycles. The number of pyridine rings is 1. The monoisotopic (exact) mass is 534 g/mol. The van der Waals surface area contributed by atoms with Crippen molar-refractivity contribution in [2.45, 2.75) is 50.6 Å². The number of nitrogens with zero attached hydrogens (tertiary/aromatic N) is 4. The van der Waals surface area contributed by atoms with Crippen molar-refractivity contribution in [3.05, 3.63) is 69.3 Å². The minimum Gasteiger partial charge on any atom is -0.343 e. The number of piperidine rings is 1. The van der Waals surface area contributed by atoms with Crippen LogP contribution in [0.2, 0.25) is 10.2 Å². The summed E-state index contributed by atoms with van der Waals surface area (Å²) in [6, 6.07) is 5.10. The summed E-state index contributed by atoms with van der Waals surface area (Å²) in [6.45, 7) is 1.86.